The Morgan fingerprint density at radius 2 is 1.97 bits per heavy atom. The van der Waals surface area contributed by atoms with Gasteiger partial charge in [-0.15, -0.1) is 10.2 Å². The fraction of sp³-hybridized carbons (Fsp3) is 0.190. The highest BCUT2D eigenvalue weighted by Crippen LogP contribution is 2.30. The van der Waals surface area contributed by atoms with Crippen molar-refractivity contribution in [3.8, 4) is 0 Å². The zero-order valence-corrected chi connectivity index (χ0v) is 19.0. The number of nitrogens with zero attached hydrogens (tertiary/aromatic N) is 3. The van der Waals surface area contributed by atoms with Crippen LogP contribution in [0.15, 0.2) is 63.6 Å². The first-order chi connectivity index (χ1) is 14.5. The number of hydrogen-bond donors (Lipinski definition) is 1. The van der Waals surface area contributed by atoms with Crippen molar-refractivity contribution in [3.05, 3.63) is 80.4 Å². The van der Waals surface area contributed by atoms with Crippen molar-refractivity contribution >= 4 is 52.4 Å². The number of aromatic nitrogens is 2. The van der Waals surface area contributed by atoms with Crippen LogP contribution < -0.4 is 5.32 Å². The summed E-state index contributed by atoms with van der Waals surface area (Å²) in [7, 11) is 0. The molecule has 0 bridgehead atoms. The van der Waals surface area contributed by atoms with E-state index in [-0.39, 0.29) is 11.2 Å². The van der Waals surface area contributed by atoms with Gasteiger partial charge in [0.05, 0.1) is 11.6 Å². The summed E-state index contributed by atoms with van der Waals surface area (Å²) < 4.78 is 0. The van der Waals surface area contributed by atoms with Crippen molar-refractivity contribution in [2.24, 2.45) is 5.16 Å². The number of nitrogens with one attached hydrogen (secondary N) is 1. The molecule has 1 N–H and O–H groups in total. The fourth-order valence-electron chi connectivity index (χ4n) is 3.03. The van der Waals surface area contributed by atoms with E-state index < -0.39 is 0 Å². The Morgan fingerprint density at radius 3 is 2.77 bits per heavy atom. The van der Waals surface area contributed by atoms with Crippen LogP contribution in [0, 0.1) is 6.92 Å². The molecule has 0 spiro atoms. The Labute approximate surface area is 193 Å². The number of aryl methyl sites for hydroxylation is 1. The van der Waals surface area contributed by atoms with E-state index in [0.29, 0.717) is 33.9 Å². The van der Waals surface area contributed by atoms with E-state index in [4.69, 9.17) is 39.6 Å². The topological polar surface area (TPSA) is 59.4 Å². The van der Waals surface area contributed by atoms with Gasteiger partial charge < -0.3 is 10.2 Å². The van der Waals surface area contributed by atoms with Gasteiger partial charge in [0.25, 0.3) is 0 Å². The minimum absolute atomic E-state index is 0.0278. The van der Waals surface area contributed by atoms with E-state index in [1.807, 2.05) is 37.3 Å². The van der Waals surface area contributed by atoms with E-state index in [1.165, 1.54) is 17.3 Å². The Morgan fingerprint density at radius 1 is 1.10 bits per heavy atom. The number of rotatable bonds is 5. The van der Waals surface area contributed by atoms with Gasteiger partial charge in [-0.25, -0.2) is 0 Å². The first kappa shape index (κ1) is 21.2. The van der Waals surface area contributed by atoms with Crippen LogP contribution in [0.3, 0.4) is 0 Å². The highest BCUT2D eigenvalue weighted by atomic mass is 35.5. The molecule has 0 aliphatic carbocycles. The fourth-order valence-corrected chi connectivity index (χ4v) is 4.63. The molecule has 0 fully saturated rings. The molecule has 2 heterocycles. The van der Waals surface area contributed by atoms with Gasteiger partial charge in [0.2, 0.25) is 0 Å². The molecule has 0 radical (unpaired) electrons. The molecular formula is C21H17Cl3N4OS. The highest BCUT2D eigenvalue weighted by Gasteiger charge is 2.23. The Balaban J connectivity index is 1.57. The summed E-state index contributed by atoms with van der Waals surface area (Å²) in [6.45, 7) is 2.46. The second-order valence-corrected chi connectivity index (χ2v) is 9.11. The van der Waals surface area contributed by atoms with Gasteiger partial charge in [0.1, 0.15) is 11.6 Å². The summed E-state index contributed by atoms with van der Waals surface area (Å²) in [5.41, 5.74) is 2.87. The monoisotopic (exact) mass is 478 g/mol. The summed E-state index contributed by atoms with van der Waals surface area (Å²) in [4.78, 5) is 6.56. The summed E-state index contributed by atoms with van der Waals surface area (Å²) in [6, 6.07) is 15.3. The maximum Gasteiger partial charge on any atom is 0.176 e. The third-order valence-electron chi connectivity index (χ3n) is 4.44. The zero-order chi connectivity index (χ0) is 21.1. The molecule has 2 aromatic carbocycles. The molecule has 1 aromatic heterocycles. The Kier molecular flexibility index (Phi) is 6.68. The third kappa shape index (κ3) is 5.19. The predicted octanol–water partition coefficient (Wildman–Crippen LogP) is 5.79. The maximum absolute atomic E-state index is 6.33. The Hall–Kier alpha value is -1.99. The Bertz CT molecular complexity index is 1110. The standard InChI is InChI=1S/C21H17Cl3N4OS/c1-12-3-2-4-16(7-12)30-21-17(10-19(24)26-27-21)20-25-15(11-29-28-20)8-13-5-6-14(22)9-18(13)23/h2-7,9-10,15H,8,11H2,1H3,(H,25,28)/t15-/m1/s1. The van der Waals surface area contributed by atoms with E-state index in [1.54, 1.807) is 12.1 Å². The molecule has 154 valence electrons. The molecule has 30 heavy (non-hydrogen) atoms. The van der Waals surface area contributed by atoms with Crippen molar-refractivity contribution in [1.29, 1.82) is 0 Å². The minimum Gasteiger partial charge on any atom is -0.392 e. The molecule has 3 aromatic rings. The molecule has 9 heteroatoms. The van der Waals surface area contributed by atoms with Crippen LogP contribution in [0.2, 0.25) is 15.2 Å². The quantitative estimate of drug-likeness (QED) is 0.502. The van der Waals surface area contributed by atoms with Crippen LogP contribution >= 0.6 is 46.6 Å². The summed E-state index contributed by atoms with van der Waals surface area (Å²) in [5.74, 6) is 0.559. The van der Waals surface area contributed by atoms with Crippen molar-refractivity contribution in [1.82, 2.24) is 15.5 Å². The average Bonchev–Trinajstić information content (AvgIpc) is 2.72. The van der Waals surface area contributed by atoms with Crippen molar-refractivity contribution in [2.45, 2.75) is 29.3 Å². The third-order valence-corrected chi connectivity index (χ3v) is 6.20. The van der Waals surface area contributed by atoms with E-state index in [9.17, 15) is 0 Å². The van der Waals surface area contributed by atoms with Gasteiger partial charge in [0, 0.05) is 14.9 Å². The van der Waals surface area contributed by atoms with E-state index in [2.05, 4.69) is 26.7 Å². The molecule has 5 nitrogen and oxygen atoms in total. The van der Waals surface area contributed by atoms with E-state index in [0.717, 1.165) is 16.0 Å². The largest absolute Gasteiger partial charge is 0.392 e. The maximum atomic E-state index is 6.33. The molecule has 0 unspecified atom stereocenters. The van der Waals surface area contributed by atoms with Gasteiger partial charge in [0.15, 0.2) is 11.0 Å². The van der Waals surface area contributed by atoms with Crippen LogP contribution in [-0.2, 0) is 11.3 Å². The number of oxime groups is 1. The zero-order valence-electron chi connectivity index (χ0n) is 15.9. The number of hydrogen-bond acceptors (Lipinski definition) is 6. The second kappa shape index (κ2) is 9.43. The van der Waals surface area contributed by atoms with E-state index >= 15 is 0 Å². The SMILES string of the molecule is Cc1cccc(Sc2nnc(Cl)cc2C2=NOC[C@@H](Cc3ccc(Cl)cc3Cl)N2)c1. The summed E-state index contributed by atoms with van der Waals surface area (Å²) >= 11 is 20.0. The number of amidine groups is 1. The van der Waals surface area contributed by atoms with Gasteiger partial charge in [-0.05, 0) is 49.2 Å². The van der Waals surface area contributed by atoms with Crippen molar-refractivity contribution < 1.29 is 4.84 Å². The van der Waals surface area contributed by atoms with Gasteiger partial charge in [-0.2, -0.15) is 0 Å². The molecule has 0 saturated heterocycles. The van der Waals surface area contributed by atoms with Crippen LogP contribution in [-0.4, -0.2) is 28.7 Å². The lowest BCUT2D eigenvalue weighted by molar-refractivity contribution is 0.109. The normalized spacial score (nSPS) is 15.9. The molecule has 1 aliphatic rings. The number of halogens is 3. The molecule has 0 saturated carbocycles. The molecule has 1 atom stereocenters. The number of benzene rings is 2. The summed E-state index contributed by atoms with van der Waals surface area (Å²) in [5, 5.41) is 18.1. The van der Waals surface area contributed by atoms with Gasteiger partial charge in [-0.3, -0.25) is 0 Å². The first-order valence-corrected chi connectivity index (χ1v) is 11.1. The smallest absolute Gasteiger partial charge is 0.176 e. The lowest BCUT2D eigenvalue weighted by Gasteiger charge is -2.25. The molecular weight excluding hydrogens is 463 g/mol. The van der Waals surface area contributed by atoms with Gasteiger partial charge in [-0.1, -0.05) is 75.5 Å². The lowest BCUT2D eigenvalue weighted by atomic mass is 10.1. The molecule has 0 amide bonds. The highest BCUT2D eigenvalue weighted by molar-refractivity contribution is 7.99. The lowest BCUT2D eigenvalue weighted by Crippen LogP contribution is -2.43. The average molecular weight is 480 g/mol. The minimum atomic E-state index is -0.0278. The van der Waals surface area contributed by atoms with Crippen LogP contribution in [0.4, 0.5) is 0 Å². The molecule has 4 rings (SSSR count). The van der Waals surface area contributed by atoms with Gasteiger partial charge >= 0.3 is 0 Å². The molecule has 1 aliphatic heterocycles. The van der Waals surface area contributed by atoms with Crippen molar-refractivity contribution in [3.63, 3.8) is 0 Å². The summed E-state index contributed by atoms with van der Waals surface area (Å²) in [6.07, 6.45) is 0.654. The van der Waals surface area contributed by atoms with Crippen LogP contribution in [0.25, 0.3) is 0 Å². The second-order valence-electron chi connectivity index (χ2n) is 6.82. The van der Waals surface area contributed by atoms with Crippen molar-refractivity contribution in [2.75, 3.05) is 6.61 Å². The van der Waals surface area contributed by atoms with Crippen LogP contribution in [0.1, 0.15) is 16.7 Å². The predicted molar refractivity (Wildman–Crippen MR) is 122 cm³/mol. The first-order valence-electron chi connectivity index (χ1n) is 9.16. The van der Waals surface area contributed by atoms with Crippen LogP contribution in [0.5, 0.6) is 0 Å².